The van der Waals surface area contributed by atoms with Gasteiger partial charge in [-0.1, -0.05) is 6.08 Å². The second-order valence-electron chi connectivity index (χ2n) is 10.1. The average molecular weight is 500 g/mol. The summed E-state index contributed by atoms with van der Waals surface area (Å²) < 4.78 is 6.42. The number of likely N-dealkylation sites (tertiary alicyclic amines) is 1. The van der Waals surface area contributed by atoms with E-state index in [4.69, 9.17) is 4.74 Å². The van der Waals surface area contributed by atoms with Gasteiger partial charge in [-0.3, -0.25) is 14.4 Å². The summed E-state index contributed by atoms with van der Waals surface area (Å²) in [4.78, 5) is 45.4. The van der Waals surface area contributed by atoms with Gasteiger partial charge in [-0.2, -0.15) is 0 Å². The van der Waals surface area contributed by atoms with Gasteiger partial charge in [0.05, 0.1) is 17.4 Å². The molecule has 2 bridgehead atoms. The van der Waals surface area contributed by atoms with Crippen LogP contribution in [0, 0.1) is 11.8 Å². The van der Waals surface area contributed by atoms with Crippen molar-refractivity contribution in [1.29, 1.82) is 0 Å². The monoisotopic (exact) mass is 499 g/mol. The maximum Gasteiger partial charge on any atom is 0.310 e. The van der Waals surface area contributed by atoms with E-state index in [2.05, 4.69) is 25.3 Å². The summed E-state index contributed by atoms with van der Waals surface area (Å²) in [5.41, 5.74) is -0.493. The van der Waals surface area contributed by atoms with Gasteiger partial charge >= 0.3 is 5.97 Å². The Hall–Kier alpha value is -2.91. The first-order valence-corrected chi connectivity index (χ1v) is 12.8. The van der Waals surface area contributed by atoms with Crippen LogP contribution in [-0.4, -0.2) is 82.9 Å². The SMILES string of the molecule is C=CCN(C(=O)C1N(CCCO)C(=O)[C@@H]2[C@H](C(=O)O)[C@]3(C)CCC12O3)c1ccc(N(CC)CC)cc1. The van der Waals surface area contributed by atoms with Gasteiger partial charge in [0.1, 0.15) is 11.6 Å². The molecule has 3 fully saturated rings. The molecule has 1 aromatic carbocycles. The lowest BCUT2D eigenvalue weighted by atomic mass is 9.66. The number of carboxylic acid groups (broad SMARTS) is 1. The molecule has 3 aliphatic rings. The number of carbonyl (C=O) groups is 3. The maximum atomic E-state index is 14.3. The summed E-state index contributed by atoms with van der Waals surface area (Å²) in [6.45, 7) is 11.7. The number of aliphatic carboxylic acids is 1. The van der Waals surface area contributed by atoms with E-state index in [9.17, 15) is 24.6 Å². The molecule has 0 aliphatic carbocycles. The highest BCUT2D eigenvalue weighted by molar-refractivity contribution is 6.04. The van der Waals surface area contributed by atoms with Crippen LogP contribution in [0.25, 0.3) is 0 Å². The van der Waals surface area contributed by atoms with Crippen LogP contribution in [0.2, 0.25) is 0 Å². The Morgan fingerprint density at radius 3 is 2.39 bits per heavy atom. The first kappa shape index (κ1) is 26.2. The summed E-state index contributed by atoms with van der Waals surface area (Å²) in [5, 5.41) is 19.5. The van der Waals surface area contributed by atoms with Gasteiger partial charge in [-0.15, -0.1) is 6.58 Å². The molecule has 2 N–H and O–H groups in total. The number of anilines is 2. The summed E-state index contributed by atoms with van der Waals surface area (Å²) in [6, 6.07) is 6.72. The van der Waals surface area contributed by atoms with Gasteiger partial charge in [0, 0.05) is 44.2 Å². The second-order valence-corrected chi connectivity index (χ2v) is 10.1. The molecule has 4 rings (SSSR count). The molecule has 9 heteroatoms. The molecule has 2 amide bonds. The zero-order chi connectivity index (χ0) is 26.3. The van der Waals surface area contributed by atoms with Crippen LogP contribution in [0.5, 0.6) is 0 Å². The van der Waals surface area contributed by atoms with Gasteiger partial charge in [-0.25, -0.2) is 0 Å². The molecule has 196 valence electrons. The fourth-order valence-corrected chi connectivity index (χ4v) is 6.59. The van der Waals surface area contributed by atoms with Gasteiger partial charge in [0.2, 0.25) is 5.91 Å². The van der Waals surface area contributed by atoms with Crippen LogP contribution >= 0.6 is 0 Å². The van der Waals surface area contributed by atoms with Crippen molar-refractivity contribution in [2.45, 2.75) is 57.3 Å². The molecular formula is C27H37N3O6. The smallest absolute Gasteiger partial charge is 0.310 e. The molecule has 5 atom stereocenters. The van der Waals surface area contributed by atoms with Crippen molar-refractivity contribution >= 4 is 29.2 Å². The molecule has 36 heavy (non-hydrogen) atoms. The maximum absolute atomic E-state index is 14.3. The number of rotatable bonds is 11. The minimum absolute atomic E-state index is 0.146. The summed E-state index contributed by atoms with van der Waals surface area (Å²) in [6.07, 6.45) is 2.81. The second kappa shape index (κ2) is 9.86. The third kappa shape index (κ3) is 3.89. The van der Waals surface area contributed by atoms with Crippen LogP contribution in [0.15, 0.2) is 36.9 Å². The van der Waals surface area contributed by atoms with Crippen molar-refractivity contribution in [1.82, 2.24) is 4.90 Å². The van der Waals surface area contributed by atoms with Crippen molar-refractivity contribution in [3.05, 3.63) is 36.9 Å². The molecule has 2 unspecified atom stereocenters. The Kier molecular flexibility index (Phi) is 7.16. The predicted octanol–water partition coefficient (Wildman–Crippen LogP) is 2.28. The molecule has 3 heterocycles. The van der Waals surface area contributed by atoms with E-state index in [1.165, 1.54) is 4.90 Å². The van der Waals surface area contributed by atoms with Gasteiger partial charge < -0.3 is 29.6 Å². The van der Waals surface area contributed by atoms with Gasteiger partial charge in [0.25, 0.3) is 5.91 Å². The number of carboxylic acids is 1. The lowest BCUT2D eigenvalue weighted by Crippen LogP contribution is -2.56. The Labute approximate surface area is 212 Å². The molecule has 3 saturated heterocycles. The first-order chi connectivity index (χ1) is 17.2. The highest BCUT2D eigenvalue weighted by Crippen LogP contribution is 2.63. The fraction of sp³-hybridized carbons (Fsp3) is 0.593. The van der Waals surface area contributed by atoms with E-state index < -0.39 is 35.0 Å². The average Bonchev–Trinajstić information content (AvgIpc) is 3.42. The third-order valence-electron chi connectivity index (χ3n) is 8.20. The summed E-state index contributed by atoms with van der Waals surface area (Å²) >= 11 is 0. The number of nitrogens with zero attached hydrogens (tertiary/aromatic N) is 3. The predicted molar refractivity (Wildman–Crippen MR) is 136 cm³/mol. The normalized spacial score (nSPS) is 30.4. The van der Waals surface area contributed by atoms with E-state index in [0.717, 1.165) is 18.8 Å². The van der Waals surface area contributed by atoms with Crippen LogP contribution in [0.3, 0.4) is 0 Å². The Morgan fingerprint density at radius 1 is 1.19 bits per heavy atom. The van der Waals surface area contributed by atoms with Crippen molar-refractivity contribution in [3.8, 4) is 0 Å². The Balaban J connectivity index is 1.74. The van der Waals surface area contributed by atoms with E-state index in [1.807, 2.05) is 24.3 Å². The number of ether oxygens (including phenoxy) is 1. The number of hydrogen-bond donors (Lipinski definition) is 2. The minimum atomic E-state index is -1.21. The Bertz CT molecular complexity index is 1020. The molecule has 0 radical (unpaired) electrons. The minimum Gasteiger partial charge on any atom is -0.481 e. The third-order valence-corrected chi connectivity index (χ3v) is 8.20. The van der Waals surface area contributed by atoms with Crippen molar-refractivity contribution in [3.63, 3.8) is 0 Å². The number of hydrogen-bond acceptors (Lipinski definition) is 6. The van der Waals surface area contributed by atoms with E-state index in [1.54, 1.807) is 17.9 Å². The summed E-state index contributed by atoms with van der Waals surface area (Å²) in [7, 11) is 0. The molecule has 0 saturated carbocycles. The van der Waals surface area contributed by atoms with Crippen LogP contribution in [0.4, 0.5) is 11.4 Å². The zero-order valence-electron chi connectivity index (χ0n) is 21.4. The van der Waals surface area contributed by atoms with Crippen LogP contribution in [0.1, 0.15) is 40.0 Å². The molecule has 3 aliphatic heterocycles. The number of aliphatic hydroxyl groups excluding tert-OH is 1. The number of carbonyl (C=O) groups excluding carboxylic acids is 2. The highest BCUT2D eigenvalue weighted by atomic mass is 16.5. The van der Waals surface area contributed by atoms with Gasteiger partial charge in [-0.05, 0) is 64.3 Å². The number of benzene rings is 1. The van der Waals surface area contributed by atoms with Gasteiger partial charge in [0.15, 0.2) is 0 Å². The molecular weight excluding hydrogens is 462 g/mol. The topological polar surface area (TPSA) is 111 Å². The van der Waals surface area contributed by atoms with E-state index >= 15 is 0 Å². The largest absolute Gasteiger partial charge is 0.481 e. The zero-order valence-corrected chi connectivity index (χ0v) is 21.4. The van der Waals surface area contributed by atoms with Crippen LogP contribution < -0.4 is 9.80 Å². The van der Waals surface area contributed by atoms with Crippen molar-refractivity contribution in [2.75, 3.05) is 42.6 Å². The molecule has 1 aromatic rings. The standard InChI is InChI=1S/C27H37N3O6/c1-5-15-29(19-11-9-18(10-12-19)28(6-2)7-3)24(33)22-27-14-13-26(4,36-27)21(25(34)35)20(27)23(32)30(22)16-8-17-31/h5,9-12,20-22,31H,1,6-8,13-17H2,2-4H3,(H,34,35)/t20-,21+,22?,26-,27?/m0/s1. The lowest BCUT2D eigenvalue weighted by Gasteiger charge is -2.37. The highest BCUT2D eigenvalue weighted by Gasteiger charge is 2.78. The van der Waals surface area contributed by atoms with Crippen LogP contribution in [-0.2, 0) is 19.1 Å². The first-order valence-electron chi connectivity index (χ1n) is 12.8. The van der Waals surface area contributed by atoms with Crippen molar-refractivity contribution in [2.24, 2.45) is 11.8 Å². The number of fused-ring (bicyclic) bond motifs is 1. The van der Waals surface area contributed by atoms with E-state index in [0.29, 0.717) is 18.5 Å². The molecule has 1 spiro atoms. The Morgan fingerprint density at radius 2 is 1.83 bits per heavy atom. The molecule has 0 aromatic heterocycles. The quantitative estimate of drug-likeness (QED) is 0.450. The fourth-order valence-electron chi connectivity index (χ4n) is 6.59. The van der Waals surface area contributed by atoms with E-state index in [-0.39, 0.29) is 37.9 Å². The summed E-state index contributed by atoms with van der Waals surface area (Å²) in [5.74, 6) is -3.74. The number of amides is 2. The van der Waals surface area contributed by atoms with Crippen molar-refractivity contribution < 1.29 is 29.3 Å². The number of aliphatic hydroxyl groups is 1. The molecule has 9 nitrogen and oxygen atoms in total. The lowest BCUT2D eigenvalue weighted by molar-refractivity contribution is -0.154.